The van der Waals surface area contributed by atoms with Crippen molar-refractivity contribution in [2.75, 3.05) is 18.1 Å². The Hall–Kier alpha value is -2.79. The van der Waals surface area contributed by atoms with Crippen LogP contribution in [0.3, 0.4) is 0 Å². The number of nitrogens with one attached hydrogen (secondary N) is 2. The SMILES string of the molecule is CSC(C)c1cccc(NC(=O)CCNC(=O)c2ccc3ccccc3c2)c1. The van der Waals surface area contributed by atoms with Gasteiger partial charge in [-0.25, -0.2) is 0 Å². The van der Waals surface area contributed by atoms with Gasteiger partial charge in [-0.15, -0.1) is 0 Å². The van der Waals surface area contributed by atoms with Crippen LogP contribution in [-0.4, -0.2) is 24.6 Å². The summed E-state index contributed by atoms with van der Waals surface area (Å²) >= 11 is 1.76. The van der Waals surface area contributed by atoms with Gasteiger partial charge in [-0.1, -0.05) is 42.5 Å². The average Bonchev–Trinajstić information content (AvgIpc) is 2.72. The second-order valence-corrected chi connectivity index (χ2v) is 7.80. The molecule has 2 amide bonds. The van der Waals surface area contributed by atoms with Crippen molar-refractivity contribution >= 4 is 40.0 Å². The summed E-state index contributed by atoms with van der Waals surface area (Å²) in [4.78, 5) is 24.5. The van der Waals surface area contributed by atoms with Crippen molar-refractivity contribution in [3.63, 3.8) is 0 Å². The molecule has 1 unspecified atom stereocenters. The maximum Gasteiger partial charge on any atom is 0.251 e. The first-order valence-corrected chi connectivity index (χ1v) is 10.5. The van der Waals surface area contributed by atoms with Crippen molar-refractivity contribution in [2.45, 2.75) is 18.6 Å². The van der Waals surface area contributed by atoms with Crippen molar-refractivity contribution in [2.24, 2.45) is 0 Å². The number of benzene rings is 3. The number of carbonyl (C=O) groups excluding carboxylic acids is 2. The molecule has 28 heavy (non-hydrogen) atoms. The lowest BCUT2D eigenvalue weighted by molar-refractivity contribution is -0.116. The molecule has 3 rings (SSSR count). The third-order valence-corrected chi connectivity index (χ3v) is 5.62. The normalized spacial score (nSPS) is 11.8. The van der Waals surface area contributed by atoms with Gasteiger partial charge in [0.2, 0.25) is 5.91 Å². The Morgan fingerprint density at radius 2 is 1.75 bits per heavy atom. The molecule has 5 heteroatoms. The van der Waals surface area contributed by atoms with E-state index in [0.29, 0.717) is 17.4 Å². The highest BCUT2D eigenvalue weighted by molar-refractivity contribution is 7.98. The smallest absolute Gasteiger partial charge is 0.251 e. The number of carbonyl (C=O) groups is 2. The summed E-state index contributed by atoms with van der Waals surface area (Å²) in [7, 11) is 0. The van der Waals surface area contributed by atoms with Crippen LogP contribution in [0.5, 0.6) is 0 Å². The number of thioether (sulfide) groups is 1. The van der Waals surface area contributed by atoms with E-state index in [0.717, 1.165) is 16.5 Å². The second-order valence-electron chi connectivity index (χ2n) is 6.62. The molecule has 0 aliphatic carbocycles. The second kappa shape index (κ2) is 9.42. The Balaban J connectivity index is 1.51. The number of amides is 2. The summed E-state index contributed by atoms with van der Waals surface area (Å²) in [6.45, 7) is 2.42. The minimum absolute atomic E-state index is 0.118. The Morgan fingerprint density at radius 1 is 0.964 bits per heavy atom. The first-order chi connectivity index (χ1) is 13.6. The first-order valence-electron chi connectivity index (χ1n) is 9.26. The van der Waals surface area contributed by atoms with Gasteiger partial charge >= 0.3 is 0 Å². The zero-order valence-electron chi connectivity index (χ0n) is 16.1. The number of anilines is 1. The standard InChI is InChI=1S/C23H24N2O2S/c1-16(28-2)18-8-5-9-21(15-18)25-22(26)12-13-24-23(27)20-11-10-17-6-3-4-7-19(17)14-20/h3-11,14-16H,12-13H2,1-2H3,(H,24,27)(H,25,26). The monoisotopic (exact) mass is 392 g/mol. The van der Waals surface area contributed by atoms with Crippen molar-refractivity contribution in [1.82, 2.24) is 5.32 Å². The topological polar surface area (TPSA) is 58.2 Å². The molecule has 0 saturated heterocycles. The molecule has 0 bridgehead atoms. The van der Waals surface area contributed by atoms with Crippen LogP contribution in [0, 0.1) is 0 Å². The quantitative estimate of drug-likeness (QED) is 0.593. The fourth-order valence-electron chi connectivity index (χ4n) is 2.95. The van der Waals surface area contributed by atoms with E-state index in [2.05, 4.69) is 29.9 Å². The maximum absolute atomic E-state index is 12.3. The fourth-order valence-corrected chi connectivity index (χ4v) is 3.37. The van der Waals surface area contributed by atoms with E-state index >= 15 is 0 Å². The van der Waals surface area contributed by atoms with E-state index in [1.165, 1.54) is 5.56 Å². The van der Waals surface area contributed by atoms with Crippen molar-refractivity contribution in [3.8, 4) is 0 Å². The average molecular weight is 393 g/mol. The molecule has 3 aromatic rings. The van der Waals surface area contributed by atoms with Crippen molar-refractivity contribution in [1.29, 1.82) is 0 Å². The summed E-state index contributed by atoms with van der Waals surface area (Å²) < 4.78 is 0. The molecule has 0 fully saturated rings. The van der Waals surface area contributed by atoms with Crippen LogP contribution < -0.4 is 10.6 Å². The van der Waals surface area contributed by atoms with E-state index in [1.54, 1.807) is 17.8 Å². The molecule has 0 aromatic heterocycles. The Labute approximate surface area is 169 Å². The van der Waals surface area contributed by atoms with E-state index < -0.39 is 0 Å². The van der Waals surface area contributed by atoms with Crippen LogP contribution in [0.15, 0.2) is 66.7 Å². The molecule has 0 radical (unpaired) electrons. The van der Waals surface area contributed by atoms with Gasteiger partial charge in [0.15, 0.2) is 0 Å². The van der Waals surface area contributed by atoms with Gasteiger partial charge in [0.05, 0.1) is 0 Å². The number of hydrogen-bond donors (Lipinski definition) is 2. The molecule has 0 heterocycles. The lowest BCUT2D eigenvalue weighted by Crippen LogP contribution is -2.27. The van der Waals surface area contributed by atoms with E-state index in [9.17, 15) is 9.59 Å². The minimum Gasteiger partial charge on any atom is -0.352 e. The van der Waals surface area contributed by atoms with Gasteiger partial charge in [-0.2, -0.15) is 11.8 Å². The molecular weight excluding hydrogens is 368 g/mol. The minimum atomic E-state index is -0.172. The number of hydrogen-bond acceptors (Lipinski definition) is 3. The lowest BCUT2D eigenvalue weighted by Gasteiger charge is -2.11. The van der Waals surface area contributed by atoms with Crippen molar-refractivity contribution < 1.29 is 9.59 Å². The summed E-state index contributed by atoms with van der Waals surface area (Å²) in [6, 6.07) is 21.4. The third kappa shape index (κ3) is 5.14. The van der Waals surface area contributed by atoms with Crippen LogP contribution in [-0.2, 0) is 4.79 Å². The Kier molecular flexibility index (Phi) is 6.71. The fraction of sp³-hybridized carbons (Fsp3) is 0.217. The van der Waals surface area contributed by atoms with E-state index in [-0.39, 0.29) is 18.2 Å². The highest BCUT2D eigenvalue weighted by Gasteiger charge is 2.09. The summed E-state index contributed by atoms with van der Waals surface area (Å²) in [5.74, 6) is -0.290. The highest BCUT2D eigenvalue weighted by Crippen LogP contribution is 2.27. The number of fused-ring (bicyclic) bond motifs is 1. The highest BCUT2D eigenvalue weighted by atomic mass is 32.2. The zero-order valence-corrected chi connectivity index (χ0v) is 16.9. The van der Waals surface area contributed by atoms with E-state index in [4.69, 9.17) is 0 Å². The van der Waals surface area contributed by atoms with Crippen LogP contribution in [0.25, 0.3) is 10.8 Å². The van der Waals surface area contributed by atoms with Gasteiger partial charge in [-0.3, -0.25) is 9.59 Å². The summed E-state index contributed by atoms with van der Waals surface area (Å²) in [5, 5.41) is 8.20. The zero-order chi connectivity index (χ0) is 19.9. The van der Waals surface area contributed by atoms with Gasteiger partial charge in [0, 0.05) is 29.5 Å². The largest absolute Gasteiger partial charge is 0.352 e. The van der Waals surface area contributed by atoms with Gasteiger partial charge in [0.25, 0.3) is 5.91 Å². The Bertz CT molecular complexity index is 987. The van der Waals surface area contributed by atoms with Crippen LogP contribution >= 0.6 is 11.8 Å². The molecule has 2 N–H and O–H groups in total. The van der Waals surface area contributed by atoms with Gasteiger partial charge < -0.3 is 10.6 Å². The maximum atomic E-state index is 12.3. The summed E-state index contributed by atoms with van der Waals surface area (Å²) in [6.07, 6.45) is 2.29. The molecule has 3 aromatic carbocycles. The predicted octanol–water partition coefficient (Wildman–Crippen LogP) is 5.02. The first kappa shape index (κ1) is 20.0. The molecule has 4 nitrogen and oxygen atoms in total. The van der Waals surface area contributed by atoms with Crippen molar-refractivity contribution in [3.05, 3.63) is 77.9 Å². The third-order valence-electron chi connectivity index (χ3n) is 4.64. The molecular formula is C23H24N2O2S. The van der Waals surface area contributed by atoms with Crippen LogP contribution in [0.2, 0.25) is 0 Å². The molecule has 1 atom stereocenters. The Morgan fingerprint density at radius 3 is 2.54 bits per heavy atom. The van der Waals surface area contributed by atoms with Crippen LogP contribution in [0.1, 0.15) is 34.5 Å². The number of rotatable bonds is 7. The van der Waals surface area contributed by atoms with Gasteiger partial charge in [-0.05, 0) is 53.8 Å². The van der Waals surface area contributed by atoms with Crippen LogP contribution in [0.4, 0.5) is 5.69 Å². The molecule has 0 aliphatic heterocycles. The van der Waals surface area contributed by atoms with Gasteiger partial charge in [0.1, 0.15) is 0 Å². The predicted molar refractivity (Wildman–Crippen MR) is 118 cm³/mol. The molecule has 0 saturated carbocycles. The molecule has 0 spiro atoms. The van der Waals surface area contributed by atoms with E-state index in [1.807, 2.05) is 54.6 Å². The summed E-state index contributed by atoms with van der Waals surface area (Å²) in [5.41, 5.74) is 2.55. The molecule has 144 valence electrons. The lowest BCUT2D eigenvalue weighted by atomic mass is 10.1. The molecule has 0 aliphatic rings.